The van der Waals surface area contributed by atoms with Crippen molar-refractivity contribution in [3.63, 3.8) is 0 Å². The van der Waals surface area contributed by atoms with E-state index in [1.807, 2.05) is 37.3 Å². The third kappa shape index (κ3) is 3.70. The predicted octanol–water partition coefficient (Wildman–Crippen LogP) is 6.41. The van der Waals surface area contributed by atoms with Gasteiger partial charge in [-0.25, -0.2) is 9.97 Å². The monoisotopic (exact) mass is 463 g/mol. The maximum absolute atomic E-state index is 13.9. The van der Waals surface area contributed by atoms with E-state index < -0.39 is 0 Å². The maximum atomic E-state index is 13.9. The standard InChI is InChI=1S/C29H25N3OS/c1-19-9-2-7-16-26(19)32-28(33)24-17-21-11-4-6-15-25(21)30-27(24)31-29(32)34-18-22-13-8-12-20-10-3-5-14-23(20)22/h2-3,5,7-10,12-14,16-17H,4,6,11,15,18H2,1H3. The highest BCUT2D eigenvalue weighted by Crippen LogP contribution is 2.30. The summed E-state index contributed by atoms with van der Waals surface area (Å²) in [5, 5.41) is 3.74. The summed E-state index contributed by atoms with van der Waals surface area (Å²) in [6.07, 6.45) is 4.25. The summed E-state index contributed by atoms with van der Waals surface area (Å²) >= 11 is 1.60. The second kappa shape index (κ2) is 8.73. The lowest BCUT2D eigenvalue weighted by atomic mass is 9.95. The van der Waals surface area contributed by atoms with Crippen molar-refractivity contribution in [1.82, 2.24) is 14.5 Å². The highest BCUT2D eigenvalue weighted by Gasteiger charge is 2.19. The molecular formula is C29H25N3OS. The number of aromatic nitrogens is 3. The first-order chi connectivity index (χ1) is 16.7. The predicted molar refractivity (Wildman–Crippen MR) is 140 cm³/mol. The average molecular weight is 464 g/mol. The molecule has 0 aliphatic heterocycles. The van der Waals surface area contributed by atoms with Crippen LogP contribution in [0.5, 0.6) is 0 Å². The molecule has 5 aromatic rings. The van der Waals surface area contributed by atoms with Gasteiger partial charge in [0.05, 0.1) is 11.1 Å². The van der Waals surface area contributed by atoms with Crippen molar-refractivity contribution in [1.29, 1.82) is 0 Å². The van der Waals surface area contributed by atoms with E-state index in [-0.39, 0.29) is 5.56 Å². The number of pyridine rings is 1. The quantitative estimate of drug-likeness (QED) is 0.228. The number of para-hydroxylation sites is 1. The summed E-state index contributed by atoms with van der Waals surface area (Å²) in [5.74, 6) is 0.718. The molecule has 2 heterocycles. The second-order valence-corrected chi connectivity index (χ2v) is 9.86. The second-order valence-electron chi connectivity index (χ2n) is 8.92. The molecule has 1 aliphatic carbocycles. The minimum Gasteiger partial charge on any atom is -0.268 e. The van der Waals surface area contributed by atoms with Gasteiger partial charge in [-0.3, -0.25) is 9.36 Å². The molecule has 1 aliphatic rings. The molecule has 2 aromatic heterocycles. The smallest absolute Gasteiger partial charge is 0.268 e. The Labute approximate surface area is 202 Å². The molecule has 0 atom stereocenters. The van der Waals surface area contributed by atoms with Crippen molar-refractivity contribution < 1.29 is 0 Å². The molecule has 0 saturated heterocycles. The van der Waals surface area contributed by atoms with Gasteiger partial charge in [0.2, 0.25) is 0 Å². The summed E-state index contributed by atoms with van der Waals surface area (Å²) < 4.78 is 1.78. The Morgan fingerprint density at radius 2 is 1.68 bits per heavy atom. The Morgan fingerprint density at radius 3 is 2.59 bits per heavy atom. The van der Waals surface area contributed by atoms with Crippen LogP contribution in [0.1, 0.15) is 35.2 Å². The Bertz CT molecular complexity index is 1600. The van der Waals surface area contributed by atoms with Crippen molar-refractivity contribution in [3.8, 4) is 5.69 Å². The number of benzene rings is 3. The Morgan fingerprint density at radius 1 is 0.882 bits per heavy atom. The minimum atomic E-state index is -0.0411. The van der Waals surface area contributed by atoms with E-state index in [0.717, 1.165) is 48.4 Å². The van der Waals surface area contributed by atoms with Crippen molar-refractivity contribution in [2.45, 2.75) is 43.5 Å². The van der Waals surface area contributed by atoms with E-state index in [1.54, 1.807) is 16.3 Å². The number of aryl methyl sites for hydroxylation is 3. The molecule has 34 heavy (non-hydrogen) atoms. The molecular weight excluding hydrogens is 438 g/mol. The zero-order chi connectivity index (χ0) is 23.1. The molecule has 0 unspecified atom stereocenters. The van der Waals surface area contributed by atoms with Crippen molar-refractivity contribution in [3.05, 3.63) is 106 Å². The van der Waals surface area contributed by atoms with E-state index in [0.29, 0.717) is 16.2 Å². The first kappa shape index (κ1) is 21.1. The molecule has 0 N–H and O–H groups in total. The summed E-state index contributed by atoms with van der Waals surface area (Å²) in [4.78, 5) is 23.7. The lowest BCUT2D eigenvalue weighted by molar-refractivity contribution is 0.669. The first-order valence-corrected chi connectivity index (χ1v) is 12.8. The van der Waals surface area contributed by atoms with Crippen LogP contribution in [0.3, 0.4) is 0 Å². The van der Waals surface area contributed by atoms with Crippen LogP contribution in [-0.4, -0.2) is 14.5 Å². The number of rotatable bonds is 4. The van der Waals surface area contributed by atoms with Crippen LogP contribution in [0.4, 0.5) is 0 Å². The van der Waals surface area contributed by atoms with Crippen LogP contribution in [-0.2, 0) is 18.6 Å². The zero-order valence-electron chi connectivity index (χ0n) is 19.1. The van der Waals surface area contributed by atoms with Gasteiger partial charge < -0.3 is 0 Å². The molecule has 3 aromatic carbocycles. The molecule has 0 fully saturated rings. The highest BCUT2D eigenvalue weighted by atomic mass is 32.2. The normalized spacial score (nSPS) is 13.3. The highest BCUT2D eigenvalue weighted by molar-refractivity contribution is 7.98. The Kier molecular flexibility index (Phi) is 5.42. The minimum absolute atomic E-state index is 0.0411. The lowest BCUT2D eigenvalue weighted by Crippen LogP contribution is -2.23. The van der Waals surface area contributed by atoms with E-state index >= 15 is 0 Å². The van der Waals surface area contributed by atoms with Gasteiger partial charge in [0.1, 0.15) is 0 Å². The van der Waals surface area contributed by atoms with Gasteiger partial charge in [-0.1, -0.05) is 72.4 Å². The fraction of sp³-hybridized carbons (Fsp3) is 0.207. The van der Waals surface area contributed by atoms with Gasteiger partial charge in [-0.05, 0) is 72.2 Å². The third-order valence-electron chi connectivity index (χ3n) is 6.70. The lowest BCUT2D eigenvalue weighted by Gasteiger charge is -2.18. The fourth-order valence-corrected chi connectivity index (χ4v) is 5.90. The van der Waals surface area contributed by atoms with Gasteiger partial charge in [0.25, 0.3) is 5.56 Å². The number of hydrogen-bond acceptors (Lipinski definition) is 4. The van der Waals surface area contributed by atoms with Crippen molar-refractivity contribution in [2.75, 3.05) is 0 Å². The van der Waals surface area contributed by atoms with Crippen LogP contribution >= 0.6 is 11.8 Å². The molecule has 0 bridgehead atoms. The van der Waals surface area contributed by atoms with E-state index in [1.165, 1.54) is 21.9 Å². The van der Waals surface area contributed by atoms with Crippen molar-refractivity contribution in [2.24, 2.45) is 0 Å². The van der Waals surface area contributed by atoms with Gasteiger partial charge in [-0.15, -0.1) is 0 Å². The van der Waals surface area contributed by atoms with Gasteiger partial charge in [0.15, 0.2) is 10.8 Å². The van der Waals surface area contributed by atoms with E-state index in [2.05, 4.69) is 42.5 Å². The SMILES string of the molecule is Cc1ccccc1-n1c(SCc2cccc3ccccc23)nc2nc3c(cc2c1=O)CCCC3. The number of thioether (sulfide) groups is 1. The summed E-state index contributed by atoms with van der Waals surface area (Å²) in [6, 6.07) is 24.9. The molecule has 4 nitrogen and oxygen atoms in total. The van der Waals surface area contributed by atoms with Crippen LogP contribution in [0.25, 0.3) is 27.5 Å². The molecule has 168 valence electrons. The van der Waals surface area contributed by atoms with Crippen LogP contribution in [0, 0.1) is 6.92 Å². The van der Waals surface area contributed by atoms with Gasteiger partial charge >= 0.3 is 0 Å². The largest absolute Gasteiger partial charge is 0.268 e. The van der Waals surface area contributed by atoms with Crippen LogP contribution < -0.4 is 5.56 Å². The number of fused-ring (bicyclic) bond motifs is 3. The topological polar surface area (TPSA) is 47.8 Å². The van der Waals surface area contributed by atoms with Gasteiger partial charge in [-0.2, -0.15) is 0 Å². The first-order valence-electron chi connectivity index (χ1n) is 11.8. The van der Waals surface area contributed by atoms with Crippen LogP contribution in [0.2, 0.25) is 0 Å². The summed E-state index contributed by atoms with van der Waals surface area (Å²) in [6.45, 7) is 2.04. The molecule has 0 radical (unpaired) electrons. The van der Waals surface area contributed by atoms with Crippen LogP contribution in [0.15, 0.2) is 82.7 Å². The Hall–Kier alpha value is -3.44. The third-order valence-corrected chi connectivity index (χ3v) is 7.69. The molecule has 6 rings (SSSR count). The summed E-state index contributed by atoms with van der Waals surface area (Å²) in [7, 11) is 0. The summed E-state index contributed by atoms with van der Waals surface area (Å²) in [5.41, 5.74) is 5.97. The molecule has 0 spiro atoms. The maximum Gasteiger partial charge on any atom is 0.268 e. The fourth-order valence-electron chi connectivity index (χ4n) is 4.90. The van der Waals surface area contributed by atoms with Gasteiger partial charge in [0, 0.05) is 11.4 Å². The molecule has 5 heteroatoms. The van der Waals surface area contributed by atoms with E-state index in [4.69, 9.17) is 9.97 Å². The number of nitrogens with zero attached hydrogens (tertiary/aromatic N) is 3. The Balaban J connectivity index is 1.52. The van der Waals surface area contributed by atoms with E-state index in [9.17, 15) is 4.79 Å². The molecule has 0 saturated carbocycles. The average Bonchev–Trinajstić information content (AvgIpc) is 2.87. The van der Waals surface area contributed by atoms with Crippen molar-refractivity contribution >= 4 is 33.6 Å². The molecule has 0 amide bonds. The zero-order valence-corrected chi connectivity index (χ0v) is 19.9. The number of hydrogen-bond donors (Lipinski definition) is 0.